The molecule has 2 heterocycles. The Morgan fingerprint density at radius 2 is 1.93 bits per heavy atom. The highest BCUT2D eigenvalue weighted by Gasteiger charge is 2.33. The van der Waals surface area contributed by atoms with Gasteiger partial charge in [-0.3, -0.25) is 9.59 Å². The first kappa shape index (κ1) is 22.3. The number of rotatable bonds is 6. The number of para-hydroxylation sites is 1. The average Bonchev–Trinajstić information content (AvgIpc) is 3.36. The maximum absolute atomic E-state index is 13.5. The van der Waals surface area contributed by atoms with Crippen molar-refractivity contribution in [2.75, 3.05) is 19.6 Å². The second-order valence-electron chi connectivity index (χ2n) is 7.87. The van der Waals surface area contributed by atoms with E-state index in [-0.39, 0.29) is 30.3 Å². The second-order valence-corrected chi connectivity index (χ2v) is 7.87. The molecule has 1 aromatic carbocycles. The van der Waals surface area contributed by atoms with Gasteiger partial charge in [0.15, 0.2) is 5.69 Å². The Labute approximate surface area is 183 Å². The quantitative estimate of drug-likeness (QED) is 0.733. The van der Waals surface area contributed by atoms with Gasteiger partial charge in [0.1, 0.15) is 0 Å². The molecule has 3 N–H and O–H groups in total. The number of aromatic nitrogens is 2. The molecule has 2 aromatic rings. The molecule has 162 valence electrons. The fourth-order valence-corrected chi connectivity index (χ4v) is 4.46. The molecule has 4 rings (SSSR count). The molecule has 1 aromatic heterocycles. The third kappa shape index (κ3) is 4.52. The largest absolute Gasteiger partial charge is 0.354 e. The number of nitrogens with two attached hydrogens (primary N) is 1. The van der Waals surface area contributed by atoms with Gasteiger partial charge in [-0.2, -0.15) is 5.10 Å². The van der Waals surface area contributed by atoms with Crippen LogP contribution >= 0.6 is 12.4 Å². The Morgan fingerprint density at radius 1 is 1.13 bits per heavy atom. The van der Waals surface area contributed by atoms with Crippen molar-refractivity contribution in [3.8, 4) is 5.69 Å². The third-order valence-corrected chi connectivity index (χ3v) is 5.93. The number of fused-ring (bicyclic) bond motifs is 1. The number of piperidine rings is 1. The van der Waals surface area contributed by atoms with Crippen LogP contribution in [-0.2, 0) is 17.6 Å². The van der Waals surface area contributed by atoms with Crippen LogP contribution in [0.3, 0.4) is 0 Å². The van der Waals surface area contributed by atoms with Crippen LogP contribution in [0.5, 0.6) is 0 Å². The van der Waals surface area contributed by atoms with E-state index in [1.807, 2.05) is 39.9 Å². The molecule has 0 saturated carbocycles. The molecule has 0 spiro atoms. The fraction of sp³-hybridized carbons (Fsp3) is 0.500. The van der Waals surface area contributed by atoms with E-state index in [2.05, 4.69) is 5.32 Å². The molecular formula is C22H30ClN5O2. The standard InChI is InChI=1S/C22H29N5O2.ClH/c23-13-12-20(28)24-15-17-9-4-5-14-26(17)22(29)21-18-10-6-11-19(18)27(25-21)16-7-2-1-3-8-16;/h1-3,7-8,17H,4-6,9-15,23H2,(H,24,28);1H. The maximum atomic E-state index is 13.5. The minimum atomic E-state index is -0.0558. The SMILES string of the molecule is Cl.NCCC(=O)NCC1CCCCN1C(=O)c1nn(-c2ccccc2)c2c1CCC2. The zero-order valence-electron chi connectivity index (χ0n) is 17.2. The van der Waals surface area contributed by atoms with Gasteiger partial charge in [-0.05, 0) is 50.7 Å². The summed E-state index contributed by atoms with van der Waals surface area (Å²) in [6.45, 7) is 1.53. The van der Waals surface area contributed by atoms with Gasteiger partial charge >= 0.3 is 0 Å². The van der Waals surface area contributed by atoms with Gasteiger partial charge in [0, 0.05) is 43.4 Å². The first-order valence-electron chi connectivity index (χ1n) is 10.6. The summed E-state index contributed by atoms with van der Waals surface area (Å²) < 4.78 is 1.94. The van der Waals surface area contributed by atoms with Crippen molar-refractivity contribution in [1.29, 1.82) is 0 Å². The number of carbonyl (C=O) groups is 2. The highest BCUT2D eigenvalue weighted by molar-refractivity contribution is 5.94. The Hall–Kier alpha value is -2.38. The third-order valence-electron chi connectivity index (χ3n) is 5.93. The molecule has 0 radical (unpaired) electrons. The summed E-state index contributed by atoms with van der Waals surface area (Å²) in [6, 6.07) is 10.0. The summed E-state index contributed by atoms with van der Waals surface area (Å²) in [7, 11) is 0. The van der Waals surface area contributed by atoms with Gasteiger partial charge in [0.25, 0.3) is 5.91 Å². The summed E-state index contributed by atoms with van der Waals surface area (Å²) in [5, 5.41) is 7.69. The highest BCUT2D eigenvalue weighted by atomic mass is 35.5. The first-order valence-corrected chi connectivity index (χ1v) is 10.6. The molecule has 1 atom stereocenters. The van der Waals surface area contributed by atoms with Crippen molar-refractivity contribution in [2.24, 2.45) is 5.73 Å². The lowest BCUT2D eigenvalue weighted by molar-refractivity contribution is -0.121. The number of hydrogen-bond acceptors (Lipinski definition) is 4. The van der Waals surface area contributed by atoms with E-state index in [0.29, 0.717) is 31.7 Å². The monoisotopic (exact) mass is 431 g/mol. The molecule has 8 heteroatoms. The van der Waals surface area contributed by atoms with Crippen LogP contribution in [0, 0.1) is 0 Å². The number of halogens is 1. The second kappa shape index (κ2) is 10.1. The number of nitrogens with zero attached hydrogens (tertiary/aromatic N) is 3. The lowest BCUT2D eigenvalue weighted by Gasteiger charge is -2.35. The van der Waals surface area contributed by atoms with Crippen LogP contribution in [0.15, 0.2) is 30.3 Å². The summed E-state index contributed by atoms with van der Waals surface area (Å²) in [5.74, 6) is -0.0599. The number of carbonyl (C=O) groups excluding carboxylic acids is 2. The number of likely N-dealkylation sites (tertiary alicyclic amines) is 1. The summed E-state index contributed by atoms with van der Waals surface area (Å²) in [4.78, 5) is 27.3. The molecular weight excluding hydrogens is 402 g/mol. The first-order chi connectivity index (χ1) is 14.2. The lowest BCUT2D eigenvalue weighted by atomic mass is 10.0. The highest BCUT2D eigenvalue weighted by Crippen LogP contribution is 2.30. The number of amides is 2. The molecule has 0 bridgehead atoms. The van der Waals surface area contributed by atoms with Crippen molar-refractivity contribution in [2.45, 2.75) is 51.0 Å². The van der Waals surface area contributed by atoms with E-state index in [0.717, 1.165) is 55.5 Å². The smallest absolute Gasteiger partial charge is 0.274 e. The summed E-state index contributed by atoms with van der Waals surface area (Å²) in [6.07, 6.45) is 6.17. The Bertz CT molecular complexity index is 883. The van der Waals surface area contributed by atoms with Crippen LogP contribution in [0.1, 0.15) is 53.8 Å². The van der Waals surface area contributed by atoms with Crippen molar-refractivity contribution in [3.63, 3.8) is 0 Å². The molecule has 2 aliphatic rings. The fourth-order valence-electron chi connectivity index (χ4n) is 4.46. The van der Waals surface area contributed by atoms with Crippen molar-refractivity contribution in [1.82, 2.24) is 20.0 Å². The molecule has 2 amide bonds. The molecule has 1 fully saturated rings. The van der Waals surface area contributed by atoms with Crippen molar-refractivity contribution >= 4 is 24.2 Å². The Kier molecular flexibility index (Phi) is 7.50. The number of benzene rings is 1. The van der Waals surface area contributed by atoms with E-state index in [1.165, 1.54) is 0 Å². The van der Waals surface area contributed by atoms with Crippen LogP contribution in [0.4, 0.5) is 0 Å². The molecule has 1 unspecified atom stereocenters. The van der Waals surface area contributed by atoms with E-state index < -0.39 is 0 Å². The molecule has 30 heavy (non-hydrogen) atoms. The van der Waals surface area contributed by atoms with Crippen LogP contribution in [-0.4, -0.2) is 52.2 Å². The lowest BCUT2D eigenvalue weighted by Crippen LogP contribution is -2.49. The maximum Gasteiger partial charge on any atom is 0.274 e. The van der Waals surface area contributed by atoms with Crippen LogP contribution in [0.2, 0.25) is 0 Å². The van der Waals surface area contributed by atoms with Gasteiger partial charge in [0.05, 0.1) is 5.69 Å². The van der Waals surface area contributed by atoms with Crippen LogP contribution < -0.4 is 11.1 Å². The molecule has 7 nitrogen and oxygen atoms in total. The van der Waals surface area contributed by atoms with E-state index >= 15 is 0 Å². The minimum Gasteiger partial charge on any atom is -0.354 e. The van der Waals surface area contributed by atoms with Gasteiger partial charge in [0.2, 0.25) is 5.91 Å². The van der Waals surface area contributed by atoms with E-state index in [1.54, 1.807) is 0 Å². The van der Waals surface area contributed by atoms with Gasteiger partial charge in [-0.15, -0.1) is 12.4 Å². The zero-order chi connectivity index (χ0) is 20.2. The Balaban J connectivity index is 0.00000256. The van der Waals surface area contributed by atoms with E-state index in [4.69, 9.17) is 10.8 Å². The molecule has 1 saturated heterocycles. The van der Waals surface area contributed by atoms with Crippen molar-refractivity contribution in [3.05, 3.63) is 47.3 Å². The van der Waals surface area contributed by atoms with Crippen LogP contribution in [0.25, 0.3) is 5.69 Å². The average molecular weight is 432 g/mol. The van der Waals surface area contributed by atoms with Gasteiger partial charge < -0.3 is 16.0 Å². The summed E-state index contributed by atoms with van der Waals surface area (Å²) in [5.41, 5.74) is 9.28. The normalized spacial score (nSPS) is 17.9. The van der Waals surface area contributed by atoms with Gasteiger partial charge in [-0.1, -0.05) is 18.2 Å². The number of hydrogen-bond donors (Lipinski definition) is 2. The molecule has 1 aliphatic heterocycles. The Morgan fingerprint density at radius 3 is 2.70 bits per heavy atom. The summed E-state index contributed by atoms with van der Waals surface area (Å²) >= 11 is 0. The predicted molar refractivity (Wildman–Crippen MR) is 118 cm³/mol. The van der Waals surface area contributed by atoms with Gasteiger partial charge in [-0.25, -0.2) is 4.68 Å². The predicted octanol–water partition coefficient (Wildman–Crippen LogP) is 2.24. The topological polar surface area (TPSA) is 93.2 Å². The number of nitrogens with one attached hydrogen (secondary N) is 1. The van der Waals surface area contributed by atoms with Crippen molar-refractivity contribution < 1.29 is 9.59 Å². The van der Waals surface area contributed by atoms with E-state index in [9.17, 15) is 9.59 Å². The minimum absolute atomic E-state index is 0. The molecule has 1 aliphatic carbocycles. The zero-order valence-corrected chi connectivity index (χ0v) is 18.0.